The third-order valence-corrected chi connectivity index (χ3v) is 6.84. The highest BCUT2D eigenvalue weighted by atomic mass is 31.2. The quantitative estimate of drug-likeness (QED) is 0.746. The summed E-state index contributed by atoms with van der Waals surface area (Å²) in [7, 11) is -3.62. The van der Waals surface area contributed by atoms with Crippen molar-refractivity contribution < 1.29 is 19.4 Å². The summed E-state index contributed by atoms with van der Waals surface area (Å²) in [5.41, 5.74) is 0. The summed E-state index contributed by atoms with van der Waals surface area (Å²) in [4.78, 5) is 21.3. The number of hydrogen-bond acceptors (Lipinski definition) is 2. The lowest BCUT2D eigenvalue weighted by Crippen LogP contribution is -2.38. The minimum atomic E-state index is -3.62. The Bertz CT molecular complexity index is 322. The summed E-state index contributed by atoms with van der Waals surface area (Å²) in [6.07, 6.45) is 5.78. The first-order chi connectivity index (χ1) is 7.83. The molecule has 17 heavy (non-hydrogen) atoms. The van der Waals surface area contributed by atoms with Gasteiger partial charge in [-0.25, -0.2) is 0 Å². The van der Waals surface area contributed by atoms with Crippen LogP contribution < -0.4 is 0 Å². The summed E-state index contributed by atoms with van der Waals surface area (Å²) in [6.45, 7) is 3.02. The van der Waals surface area contributed by atoms with Gasteiger partial charge in [-0.3, -0.25) is 9.36 Å². The molecule has 0 aromatic heterocycles. The third-order valence-electron chi connectivity index (χ3n) is 4.07. The van der Waals surface area contributed by atoms with E-state index in [1.807, 2.05) is 0 Å². The molecule has 0 aromatic carbocycles. The number of rotatable bonds is 5. The summed E-state index contributed by atoms with van der Waals surface area (Å²) < 4.78 is 12.1. The predicted octanol–water partition coefficient (Wildman–Crippen LogP) is 3.09. The van der Waals surface area contributed by atoms with Crippen molar-refractivity contribution in [2.75, 3.05) is 6.16 Å². The van der Waals surface area contributed by atoms with Gasteiger partial charge in [-0.15, -0.1) is 0 Å². The Hall–Kier alpha value is -0.340. The lowest BCUT2D eigenvalue weighted by atomic mass is 9.83. The average molecular weight is 262 g/mol. The first kappa shape index (κ1) is 14.7. The fourth-order valence-corrected chi connectivity index (χ4v) is 4.22. The minimum Gasteiger partial charge on any atom is -0.480 e. The average Bonchev–Trinajstić information content (AvgIpc) is 2.29. The molecule has 0 radical (unpaired) electrons. The van der Waals surface area contributed by atoms with E-state index in [0.717, 1.165) is 25.7 Å². The highest BCUT2D eigenvalue weighted by Gasteiger charge is 2.49. The Morgan fingerprint density at radius 1 is 1.35 bits per heavy atom. The lowest BCUT2D eigenvalue weighted by molar-refractivity contribution is -0.140. The molecule has 0 bridgehead atoms. The monoisotopic (exact) mass is 262 g/mol. The van der Waals surface area contributed by atoms with E-state index in [2.05, 4.69) is 0 Å². The summed E-state index contributed by atoms with van der Waals surface area (Å²) in [5.74, 6) is -0.840. The number of carbonyl (C=O) groups is 1. The van der Waals surface area contributed by atoms with Gasteiger partial charge >= 0.3 is 5.97 Å². The second-order valence-electron chi connectivity index (χ2n) is 5.30. The molecule has 100 valence electrons. The van der Waals surface area contributed by atoms with E-state index in [1.54, 1.807) is 6.92 Å². The van der Waals surface area contributed by atoms with Gasteiger partial charge in [0.1, 0.15) is 5.16 Å². The van der Waals surface area contributed by atoms with Crippen LogP contribution in [-0.4, -0.2) is 27.3 Å². The highest BCUT2D eigenvalue weighted by Crippen LogP contribution is 2.57. The predicted molar refractivity (Wildman–Crippen MR) is 67.6 cm³/mol. The first-order valence-corrected chi connectivity index (χ1v) is 8.23. The maximum atomic E-state index is 12.1. The number of hydrogen-bond donors (Lipinski definition) is 2. The van der Waals surface area contributed by atoms with Crippen LogP contribution >= 0.6 is 7.37 Å². The van der Waals surface area contributed by atoms with E-state index in [-0.39, 0.29) is 12.1 Å². The van der Waals surface area contributed by atoms with Crippen molar-refractivity contribution in [3.8, 4) is 0 Å². The molecule has 0 heterocycles. The van der Waals surface area contributed by atoms with E-state index >= 15 is 0 Å². The van der Waals surface area contributed by atoms with Gasteiger partial charge < -0.3 is 10.00 Å². The van der Waals surface area contributed by atoms with Crippen LogP contribution in [0.4, 0.5) is 0 Å². The molecule has 4 nitrogen and oxygen atoms in total. The molecule has 1 rings (SSSR count). The van der Waals surface area contributed by atoms with Crippen LogP contribution in [0.5, 0.6) is 0 Å². The van der Waals surface area contributed by atoms with Crippen LogP contribution in [0, 0.1) is 5.92 Å². The standard InChI is InChI=1S/C12H23O4P/c1-3-17(15,16)12(2,11(13)14)9-10-7-5-4-6-8-10/h10H,3-9H2,1-2H3,(H,13,14)(H,15,16). The molecule has 1 aliphatic carbocycles. The van der Waals surface area contributed by atoms with E-state index in [9.17, 15) is 19.4 Å². The van der Waals surface area contributed by atoms with Gasteiger partial charge in [0.25, 0.3) is 0 Å². The Morgan fingerprint density at radius 3 is 2.29 bits per heavy atom. The van der Waals surface area contributed by atoms with Gasteiger partial charge in [0.2, 0.25) is 7.37 Å². The molecule has 0 spiro atoms. The summed E-state index contributed by atoms with van der Waals surface area (Å²) >= 11 is 0. The number of aliphatic carboxylic acids is 1. The number of carboxylic acid groups (broad SMARTS) is 1. The van der Waals surface area contributed by atoms with E-state index in [1.165, 1.54) is 13.3 Å². The SMILES string of the molecule is CCP(=O)(O)C(C)(CC1CCCCC1)C(=O)O. The molecule has 1 saturated carbocycles. The smallest absolute Gasteiger partial charge is 0.319 e. The molecule has 0 aromatic rings. The van der Waals surface area contributed by atoms with Crippen molar-refractivity contribution >= 4 is 13.3 Å². The maximum absolute atomic E-state index is 12.1. The summed E-state index contributed by atoms with van der Waals surface area (Å²) in [6, 6.07) is 0. The first-order valence-electron chi connectivity index (χ1n) is 6.39. The Morgan fingerprint density at radius 2 is 1.88 bits per heavy atom. The molecular formula is C12H23O4P. The van der Waals surface area contributed by atoms with Gasteiger partial charge in [-0.05, 0) is 19.3 Å². The van der Waals surface area contributed by atoms with Crippen molar-refractivity contribution in [1.82, 2.24) is 0 Å². The zero-order valence-electron chi connectivity index (χ0n) is 10.7. The highest BCUT2D eigenvalue weighted by molar-refractivity contribution is 7.60. The van der Waals surface area contributed by atoms with Crippen molar-refractivity contribution in [1.29, 1.82) is 0 Å². The Labute approximate surface area is 103 Å². The fraction of sp³-hybridized carbons (Fsp3) is 0.917. The molecule has 2 N–H and O–H groups in total. The van der Waals surface area contributed by atoms with E-state index < -0.39 is 18.5 Å². The van der Waals surface area contributed by atoms with Crippen LogP contribution in [0.2, 0.25) is 0 Å². The van der Waals surface area contributed by atoms with Crippen LogP contribution in [0.1, 0.15) is 52.4 Å². The molecular weight excluding hydrogens is 239 g/mol. The van der Waals surface area contributed by atoms with Gasteiger partial charge in [0.05, 0.1) is 0 Å². The molecule has 1 aliphatic rings. The molecule has 2 atom stereocenters. The Balaban J connectivity index is 2.85. The molecule has 1 fully saturated rings. The summed E-state index contributed by atoms with van der Waals surface area (Å²) in [5, 5.41) is 7.83. The molecule has 0 saturated heterocycles. The molecule has 0 aliphatic heterocycles. The normalized spacial score (nSPS) is 24.9. The Kier molecular flexibility index (Phi) is 4.79. The fourth-order valence-electron chi connectivity index (χ4n) is 2.68. The van der Waals surface area contributed by atoms with E-state index in [4.69, 9.17) is 0 Å². The zero-order valence-corrected chi connectivity index (χ0v) is 11.6. The lowest BCUT2D eigenvalue weighted by Gasteiger charge is -2.34. The molecule has 0 amide bonds. The van der Waals surface area contributed by atoms with Crippen LogP contribution in [0.3, 0.4) is 0 Å². The van der Waals surface area contributed by atoms with Crippen molar-refractivity contribution in [2.45, 2.75) is 57.5 Å². The van der Waals surface area contributed by atoms with Gasteiger partial charge in [0.15, 0.2) is 0 Å². The van der Waals surface area contributed by atoms with E-state index in [0.29, 0.717) is 6.42 Å². The molecule has 5 heteroatoms. The van der Waals surface area contributed by atoms with Gasteiger partial charge in [-0.1, -0.05) is 39.0 Å². The third kappa shape index (κ3) is 3.11. The maximum Gasteiger partial charge on any atom is 0.319 e. The zero-order chi connectivity index (χ0) is 13.1. The van der Waals surface area contributed by atoms with Crippen LogP contribution in [0.15, 0.2) is 0 Å². The van der Waals surface area contributed by atoms with Crippen molar-refractivity contribution in [3.05, 3.63) is 0 Å². The topological polar surface area (TPSA) is 74.6 Å². The van der Waals surface area contributed by atoms with Gasteiger partial charge in [0, 0.05) is 6.16 Å². The largest absolute Gasteiger partial charge is 0.480 e. The molecule has 2 unspecified atom stereocenters. The second kappa shape index (κ2) is 5.53. The minimum absolute atomic E-state index is 0.0303. The van der Waals surface area contributed by atoms with Crippen LogP contribution in [-0.2, 0) is 9.36 Å². The number of carboxylic acids is 1. The van der Waals surface area contributed by atoms with Gasteiger partial charge in [-0.2, -0.15) is 0 Å². The van der Waals surface area contributed by atoms with Crippen molar-refractivity contribution in [2.24, 2.45) is 5.92 Å². The van der Waals surface area contributed by atoms with Crippen LogP contribution in [0.25, 0.3) is 0 Å². The second-order valence-corrected chi connectivity index (χ2v) is 8.33. The van der Waals surface area contributed by atoms with Crippen molar-refractivity contribution in [3.63, 3.8) is 0 Å².